The zero-order valence-corrected chi connectivity index (χ0v) is 12.4. The minimum Gasteiger partial charge on any atom is -0.400 e. The first-order valence-electron chi connectivity index (χ1n) is 5.21. The highest BCUT2D eigenvalue weighted by Crippen LogP contribution is 2.23. The van der Waals surface area contributed by atoms with Gasteiger partial charge in [0, 0.05) is 17.2 Å². The summed E-state index contributed by atoms with van der Waals surface area (Å²) < 4.78 is 24.3. The molecule has 0 spiro atoms. The Kier molecular flexibility index (Phi) is 5.82. The standard InChI is InChI=1S/C12H8Cl2O2S.CH4O/c13-9-1-5-11(6-2-9)17(15,16)12-7-3-10(14)4-8-12;1-2/h1-8H;2H,1H3. The van der Waals surface area contributed by atoms with E-state index in [-0.39, 0.29) is 9.79 Å². The molecule has 6 heteroatoms. The van der Waals surface area contributed by atoms with E-state index in [0.29, 0.717) is 10.0 Å². The fraction of sp³-hybridized carbons (Fsp3) is 0.0769. The molecule has 0 bridgehead atoms. The van der Waals surface area contributed by atoms with Crippen molar-refractivity contribution < 1.29 is 13.5 Å². The molecular weight excluding hydrogens is 307 g/mol. The maximum atomic E-state index is 12.2. The molecule has 0 saturated heterocycles. The van der Waals surface area contributed by atoms with E-state index in [1.807, 2.05) is 0 Å². The SMILES string of the molecule is CO.O=S(=O)(c1ccc(Cl)cc1)c1ccc(Cl)cc1. The highest BCUT2D eigenvalue weighted by Gasteiger charge is 2.16. The third-order valence-corrected chi connectivity index (χ3v) is 4.54. The van der Waals surface area contributed by atoms with Crippen molar-refractivity contribution in [3.8, 4) is 0 Å². The fourth-order valence-corrected chi connectivity index (χ4v) is 2.88. The van der Waals surface area contributed by atoms with Gasteiger partial charge in [-0.25, -0.2) is 8.42 Å². The van der Waals surface area contributed by atoms with Crippen molar-refractivity contribution in [2.45, 2.75) is 9.79 Å². The Labute approximate surface area is 122 Å². The molecule has 3 nitrogen and oxygen atoms in total. The Morgan fingerprint density at radius 2 is 1.00 bits per heavy atom. The molecule has 0 unspecified atom stereocenters. The quantitative estimate of drug-likeness (QED) is 0.922. The fourth-order valence-electron chi connectivity index (χ4n) is 1.36. The van der Waals surface area contributed by atoms with Crippen LogP contribution < -0.4 is 0 Å². The maximum Gasteiger partial charge on any atom is 0.206 e. The molecule has 0 atom stereocenters. The Morgan fingerprint density at radius 1 is 0.737 bits per heavy atom. The second-order valence-corrected chi connectivity index (χ2v) is 6.23. The van der Waals surface area contributed by atoms with Crippen molar-refractivity contribution in [1.29, 1.82) is 0 Å². The minimum atomic E-state index is -3.49. The molecule has 19 heavy (non-hydrogen) atoms. The molecule has 0 radical (unpaired) electrons. The highest BCUT2D eigenvalue weighted by molar-refractivity contribution is 7.91. The highest BCUT2D eigenvalue weighted by atomic mass is 35.5. The molecule has 0 aliphatic carbocycles. The zero-order valence-electron chi connectivity index (χ0n) is 10.0. The van der Waals surface area contributed by atoms with Gasteiger partial charge in [-0.05, 0) is 48.5 Å². The lowest BCUT2D eigenvalue weighted by Crippen LogP contribution is -2.01. The van der Waals surface area contributed by atoms with E-state index < -0.39 is 9.84 Å². The van der Waals surface area contributed by atoms with Gasteiger partial charge in [0.15, 0.2) is 0 Å². The van der Waals surface area contributed by atoms with Crippen molar-refractivity contribution in [2.75, 3.05) is 7.11 Å². The van der Waals surface area contributed by atoms with Crippen molar-refractivity contribution in [3.05, 3.63) is 58.6 Å². The summed E-state index contributed by atoms with van der Waals surface area (Å²) in [6, 6.07) is 12.1. The molecule has 0 aliphatic rings. The van der Waals surface area contributed by atoms with Gasteiger partial charge in [0.2, 0.25) is 9.84 Å². The molecule has 0 fully saturated rings. The van der Waals surface area contributed by atoms with Crippen molar-refractivity contribution in [2.24, 2.45) is 0 Å². The summed E-state index contributed by atoms with van der Waals surface area (Å²) in [5, 5.41) is 8.00. The lowest BCUT2D eigenvalue weighted by molar-refractivity contribution is 0.399. The summed E-state index contributed by atoms with van der Waals surface area (Å²) in [6.07, 6.45) is 0. The summed E-state index contributed by atoms with van der Waals surface area (Å²) in [5.74, 6) is 0. The van der Waals surface area contributed by atoms with Gasteiger partial charge in [0.05, 0.1) is 9.79 Å². The molecule has 0 saturated carbocycles. The number of sulfone groups is 1. The van der Waals surface area contributed by atoms with Gasteiger partial charge in [-0.2, -0.15) is 0 Å². The molecule has 0 heterocycles. The summed E-state index contributed by atoms with van der Waals surface area (Å²) >= 11 is 11.4. The molecule has 2 rings (SSSR count). The van der Waals surface area contributed by atoms with Crippen molar-refractivity contribution in [3.63, 3.8) is 0 Å². The molecule has 0 aromatic heterocycles. The van der Waals surface area contributed by atoms with Crippen LogP contribution in [0.3, 0.4) is 0 Å². The van der Waals surface area contributed by atoms with Gasteiger partial charge in [-0.3, -0.25) is 0 Å². The van der Waals surface area contributed by atoms with Crippen LogP contribution in [0.25, 0.3) is 0 Å². The number of benzene rings is 2. The van der Waals surface area contributed by atoms with Crippen LogP contribution in [0.2, 0.25) is 10.0 Å². The van der Waals surface area contributed by atoms with Crippen LogP contribution in [0.4, 0.5) is 0 Å². The van der Waals surface area contributed by atoms with Crippen LogP contribution in [0.15, 0.2) is 58.3 Å². The lowest BCUT2D eigenvalue weighted by Gasteiger charge is -2.04. The average molecular weight is 319 g/mol. The van der Waals surface area contributed by atoms with E-state index >= 15 is 0 Å². The van der Waals surface area contributed by atoms with Gasteiger partial charge in [0.25, 0.3) is 0 Å². The molecule has 0 amide bonds. The van der Waals surface area contributed by atoms with Crippen LogP contribution in [-0.4, -0.2) is 20.6 Å². The Balaban J connectivity index is 0.000000861. The number of halogens is 2. The number of aliphatic hydroxyl groups is 1. The van der Waals surface area contributed by atoms with Gasteiger partial charge in [0.1, 0.15) is 0 Å². The molecular formula is C13H12Cl2O3S. The van der Waals surface area contributed by atoms with E-state index in [0.717, 1.165) is 7.11 Å². The average Bonchev–Trinajstić information content (AvgIpc) is 2.42. The molecule has 0 aliphatic heterocycles. The number of rotatable bonds is 2. The molecule has 2 aromatic carbocycles. The van der Waals surface area contributed by atoms with Crippen LogP contribution in [0, 0.1) is 0 Å². The predicted octanol–water partition coefficient (Wildman–Crippen LogP) is 3.43. The number of aliphatic hydroxyl groups excluding tert-OH is 1. The Hall–Kier alpha value is -1.07. The van der Waals surface area contributed by atoms with Crippen molar-refractivity contribution >= 4 is 33.0 Å². The van der Waals surface area contributed by atoms with E-state index in [1.54, 1.807) is 24.3 Å². The smallest absolute Gasteiger partial charge is 0.206 e. The molecule has 1 N–H and O–H groups in total. The summed E-state index contributed by atoms with van der Waals surface area (Å²) in [6.45, 7) is 0. The van der Waals surface area contributed by atoms with Gasteiger partial charge < -0.3 is 5.11 Å². The minimum absolute atomic E-state index is 0.212. The second kappa shape index (κ2) is 6.91. The van der Waals surface area contributed by atoms with Crippen LogP contribution in [-0.2, 0) is 9.84 Å². The van der Waals surface area contributed by atoms with Crippen LogP contribution >= 0.6 is 23.2 Å². The zero-order chi connectivity index (χ0) is 14.5. The maximum absolute atomic E-state index is 12.2. The number of hydrogen-bond donors (Lipinski definition) is 1. The third kappa shape index (κ3) is 3.94. The monoisotopic (exact) mass is 318 g/mol. The van der Waals surface area contributed by atoms with Crippen molar-refractivity contribution in [1.82, 2.24) is 0 Å². The largest absolute Gasteiger partial charge is 0.400 e. The second-order valence-electron chi connectivity index (χ2n) is 3.41. The molecule has 2 aromatic rings. The number of hydrogen-bond acceptors (Lipinski definition) is 3. The van der Waals surface area contributed by atoms with Gasteiger partial charge >= 0.3 is 0 Å². The Morgan fingerprint density at radius 3 is 1.26 bits per heavy atom. The van der Waals surface area contributed by atoms with Crippen LogP contribution in [0.5, 0.6) is 0 Å². The van der Waals surface area contributed by atoms with Gasteiger partial charge in [-0.15, -0.1) is 0 Å². The summed E-state index contributed by atoms with van der Waals surface area (Å²) in [4.78, 5) is 0.424. The normalized spacial score (nSPS) is 10.5. The van der Waals surface area contributed by atoms with Crippen LogP contribution in [0.1, 0.15) is 0 Å². The third-order valence-electron chi connectivity index (χ3n) is 2.25. The first kappa shape index (κ1) is 16.0. The molecule has 102 valence electrons. The first-order chi connectivity index (χ1) is 9.00. The summed E-state index contributed by atoms with van der Waals surface area (Å²) in [5.41, 5.74) is 0. The topological polar surface area (TPSA) is 54.4 Å². The van der Waals surface area contributed by atoms with Gasteiger partial charge in [-0.1, -0.05) is 23.2 Å². The predicted molar refractivity (Wildman–Crippen MR) is 76.5 cm³/mol. The van der Waals surface area contributed by atoms with E-state index in [1.165, 1.54) is 24.3 Å². The van der Waals surface area contributed by atoms with E-state index in [2.05, 4.69) is 0 Å². The van der Waals surface area contributed by atoms with E-state index in [9.17, 15) is 8.42 Å². The first-order valence-corrected chi connectivity index (χ1v) is 7.45. The van der Waals surface area contributed by atoms with E-state index in [4.69, 9.17) is 28.3 Å². The Bertz CT molecular complexity index is 568. The summed E-state index contributed by atoms with van der Waals surface area (Å²) in [7, 11) is -2.49. The lowest BCUT2D eigenvalue weighted by atomic mass is 10.4.